The van der Waals surface area contributed by atoms with Crippen molar-refractivity contribution >= 4 is 0 Å². The zero-order valence-corrected chi connectivity index (χ0v) is 14.7. The molecule has 0 spiro atoms. The topological polar surface area (TPSA) is 0 Å². The lowest BCUT2D eigenvalue weighted by atomic mass is 10.1. The quantitative estimate of drug-likeness (QED) is 0.213. The number of hydrogen-bond donors (Lipinski definition) is 0. The van der Waals surface area contributed by atoms with Gasteiger partial charge in [0, 0.05) is 0 Å². The van der Waals surface area contributed by atoms with E-state index in [0.717, 1.165) is 6.42 Å². The van der Waals surface area contributed by atoms with Crippen molar-refractivity contribution in [1.29, 1.82) is 0 Å². The van der Waals surface area contributed by atoms with E-state index in [2.05, 4.69) is 50.3 Å². The lowest BCUT2D eigenvalue weighted by molar-refractivity contribution is 0.600. The van der Waals surface area contributed by atoms with Crippen LogP contribution in [0.3, 0.4) is 0 Å². The van der Waals surface area contributed by atoms with Crippen molar-refractivity contribution in [3.05, 3.63) is 36.5 Å². The van der Waals surface area contributed by atoms with Gasteiger partial charge in [-0.05, 0) is 51.9 Å². The standard InChI is InChI=1S/C21H38/c1-3-5-7-9-11-13-15-17-19-21-20-18-16-14-12-10-8-6-4-2/h3,5,12,14,18,20H,4,6-11,13,15-17,19,21H2,1-2H3/b5-3?,14-12-,20-18-. The van der Waals surface area contributed by atoms with Gasteiger partial charge in [-0.2, -0.15) is 0 Å². The first-order valence-electron chi connectivity index (χ1n) is 9.33. The molecule has 0 aliphatic heterocycles. The zero-order chi connectivity index (χ0) is 15.4. The van der Waals surface area contributed by atoms with Crippen LogP contribution in [0.1, 0.15) is 97.3 Å². The molecule has 0 saturated carbocycles. The van der Waals surface area contributed by atoms with E-state index in [9.17, 15) is 0 Å². The SMILES string of the molecule is CC=CCCCCCCCC/C=C\C/C=C\CCCCC. The van der Waals surface area contributed by atoms with Gasteiger partial charge < -0.3 is 0 Å². The van der Waals surface area contributed by atoms with Gasteiger partial charge in [-0.25, -0.2) is 0 Å². The predicted octanol–water partition coefficient (Wildman–Crippen LogP) is 7.77. The molecule has 0 atom stereocenters. The summed E-state index contributed by atoms with van der Waals surface area (Å²) in [7, 11) is 0. The molecule has 0 saturated heterocycles. The first kappa shape index (κ1) is 20.2. The highest BCUT2D eigenvalue weighted by molar-refractivity contribution is 4.92. The van der Waals surface area contributed by atoms with Crippen LogP contribution in [0.15, 0.2) is 36.5 Å². The molecule has 0 amide bonds. The fourth-order valence-corrected chi connectivity index (χ4v) is 2.42. The maximum atomic E-state index is 2.36. The average Bonchev–Trinajstić information content (AvgIpc) is 2.50. The first-order chi connectivity index (χ1) is 10.4. The molecule has 0 aromatic rings. The van der Waals surface area contributed by atoms with Gasteiger partial charge in [0.15, 0.2) is 0 Å². The van der Waals surface area contributed by atoms with E-state index >= 15 is 0 Å². The van der Waals surface area contributed by atoms with Gasteiger partial charge in [-0.3, -0.25) is 0 Å². The van der Waals surface area contributed by atoms with Gasteiger partial charge in [-0.15, -0.1) is 0 Å². The van der Waals surface area contributed by atoms with Gasteiger partial charge in [0.2, 0.25) is 0 Å². The molecule has 0 aromatic heterocycles. The van der Waals surface area contributed by atoms with Crippen LogP contribution >= 0.6 is 0 Å². The molecule has 0 fully saturated rings. The summed E-state index contributed by atoms with van der Waals surface area (Å²) in [4.78, 5) is 0. The van der Waals surface area contributed by atoms with Crippen LogP contribution in [0.25, 0.3) is 0 Å². The van der Waals surface area contributed by atoms with Crippen LogP contribution in [-0.2, 0) is 0 Å². The Balaban J connectivity index is 3.14. The molecule has 0 heteroatoms. The second-order valence-corrected chi connectivity index (χ2v) is 5.94. The van der Waals surface area contributed by atoms with E-state index in [1.807, 2.05) is 0 Å². The van der Waals surface area contributed by atoms with Crippen molar-refractivity contribution in [3.63, 3.8) is 0 Å². The molecule has 0 rings (SSSR count). The van der Waals surface area contributed by atoms with Crippen molar-refractivity contribution in [2.24, 2.45) is 0 Å². The summed E-state index contributed by atoms with van der Waals surface area (Å²) < 4.78 is 0. The smallest absolute Gasteiger partial charge is 0.0169 e. The van der Waals surface area contributed by atoms with Crippen LogP contribution in [0.5, 0.6) is 0 Å². The molecule has 0 unspecified atom stereocenters. The van der Waals surface area contributed by atoms with Gasteiger partial charge >= 0.3 is 0 Å². The summed E-state index contributed by atoms with van der Waals surface area (Å²) in [6.07, 6.45) is 31.1. The highest BCUT2D eigenvalue weighted by atomic mass is 14.0. The highest BCUT2D eigenvalue weighted by Gasteiger charge is 1.89. The van der Waals surface area contributed by atoms with Crippen molar-refractivity contribution in [1.82, 2.24) is 0 Å². The molecule has 0 N–H and O–H groups in total. The Hall–Kier alpha value is -0.780. The second-order valence-electron chi connectivity index (χ2n) is 5.94. The third-order valence-electron chi connectivity index (χ3n) is 3.81. The third-order valence-corrected chi connectivity index (χ3v) is 3.81. The molecular formula is C21H38. The number of allylic oxidation sites excluding steroid dienone is 6. The van der Waals surface area contributed by atoms with Gasteiger partial charge in [-0.1, -0.05) is 81.9 Å². The Morgan fingerprint density at radius 2 is 1.00 bits per heavy atom. The maximum absolute atomic E-state index is 2.36. The molecule has 0 bridgehead atoms. The lowest BCUT2D eigenvalue weighted by Gasteiger charge is -1.99. The molecular weight excluding hydrogens is 252 g/mol. The minimum atomic E-state index is 1.12. The van der Waals surface area contributed by atoms with Crippen LogP contribution < -0.4 is 0 Å². The maximum Gasteiger partial charge on any atom is -0.0169 e. The van der Waals surface area contributed by atoms with E-state index in [-0.39, 0.29) is 0 Å². The second kappa shape index (κ2) is 19.2. The van der Waals surface area contributed by atoms with E-state index < -0.39 is 0 Å². The van der Waals surface area contributed by atoms with Crippen LogP contribution in [0.2, 0.25) is 0 Å². The molecule has 0 aromatic carbocycles. The van der Waals surface area contributed by atoms with Gasteiger partial charge in [0.25, 0.3) is 0 Å². The van der Waals surface area contributed by atoms with Gasteiger partial charge in [0.1, 0.15) is 0 Å². The minimum absolute atomic E-state index is 1.12. The fraction of sp³-hybridized carbons (Fsp3) is 0.714. The predicted molar refractivity (Wildman–Crippen MR) is 98.8 cm³/mol. The largest absolute Gasteiger partial charge is 0.0917 e. The molecule has 0 aliphatic rings. The normalized spacial score (nSPS) is 12.3. The van der Waals surface area contributed by atoms with Crippen molar-refractivity contribution in [2.45, 2.75) is 97.3 Å². The van der Waals surface area contributed by atoms with Crippen LogP contribution in [0, 0.1) is 0 Å². The highest BCUT2D eigenvalue weighted by Crippen LogP contribution is 2.09. The number of rotatable bonds is 15. The Labute approximate surface area is 134 Å². The monoisotopic (exact) mass is 290 g/mol. The molecule has 0 aliphatic carbocycles. The van der Waals surface area contributed by atoms with E-state index in [1.165, 1.54) is 77.0 Å². The van der Waals surface area contributed by atoms with Crippen molar-refractivity contribution in [3.8, 4) is 0 Å². The number of hydrogen-bond acceptors (Lipinski definition) is 0. The Bertz CT molecular complexity index is 257. The van der Waals surface area contributed by atoms with E-state index in [0.29, 0.717) is 0 Å². The summed E-state index contributed by atoms with van der Waals surface area (Å²) in [6, 6.07) is 0. The zero-order valence-electron chi connectivity index (χ0n) is 14.7. The minimum Gasteiger partial charge on any atom is -0.0917 e. The van der Waals surface area contributed by atoms with Gasteiger partial charge in [0.05, 0.1) is 0 Å². The van der Waals surface area contributed by atoms with Crippen molar-refractivity contribution in [2.75, 3.05) is 0 Å². The molecule has 122 valence electrons. The average molecular weight is 291 g/mol. The van der Waals surface area contributed by atoms with E-state index in [4.69, 9.17) is 0 Å². The molecule has 0 radical (unpaired) electrons. The van der Waals surface area contributed by atoms with Crippen molar-refractivity contribution < 1.29 is 0 Å². The first-order valence-corrected chi connectivity index (χ1v) is 9.33. The third kappa shape index (κ3) is 19.2. The fourth-order valence-electron chi connectivity index (χ4n) is 2.42. The Morgan fingerprint density at radius 3 is 1.52 bits per heavy atom. The summed E-state index contributed by atoms with van der Waals surface area (Å²) in [5.41, 5.74) is 0. The lowest BCUT2D eigenvalue weighted by Crippen LogP contribution is -1.79. The summed E-state index contributed by atoms with van der Waals surface area (Å²) in [5, 5.41) is 0. The van der Waals surface area contributed by atoms with Crippen LogP contribution in [0.4, 0.5) is 0 Å². The molecule has 21 heavy (non-hydrogen) atoms. The summed E-state index contributed by atoms with van der Waals surface area (Å²) in [6.45, 7) is 4.37. The number of unbranched alkanes of at least 4 members (excludes halogenated alkanes) is 10. The molecule has 0 nitrogen and oxygen atoms in total. The summed E-state index contributed by atoms with van der Waals surface area (Å²) in [5.74, 6) is 0. The van der Waals surface area contributed by atoms with E-state index in [1.54, 1.807) is 0 Å². The van der Waals surface area contributed by atoms with Crippen LogP contribution in [-0.4, -0.2) is 0 Å². The Kier molecular flexibility index (Phi) is 18.5. The Morgan fingerprint density at radius 1 is 0.524 bits per heavy atom. The molecule has 0 heterocycles. The summed E-state index contributed by atoms with van der Waals surface area (Å²) >= 11 is 0.